The number of anilines is 1. The fourth-order valence-electron chi connectivity index (χ4n) is 2.87. The van der Waals surface area contributed by atoms with Gasteiger partial charge in [0.15, 0.2) is 0 Å². The number of carbonyl (C=O) groups excluding carboxylic acids is 3. The van der Waals surface area contributed by atoms with Crippen LogP contribution in [0.15, 0.2) is 71.8 Å². The highest BCUT2D eigenvalue weighted by molar-refractivity contribution is 6.39. The van der Waals surface area contributed by atoms with Crippen molar-refractivity contribution in [3.8, 4) is 23.0 Å². The minimum absolute atomic E-state index is 0.219. The molecule has 0 aliphatic heterocycles. The molecule has 10 heteroatoms. The summed E-state index contributed by atoms with van der Waals surface area (Å²) in [6.07, 6.45) is 1.26. The molecule has 0 heterocycles. The van der Waals surface area contributed by atoms with Crippen LogP contribution in [0.25, 0.3) is 0 Å². The highest BCUT2D eigenvalue weighted by Crippen LogP contribution is 2.28. The predicted octanol–water partition coefficient (Wildman–Crippen LogP) is 3.02. The Balaban J connectivity index is 1.64. The fourth-order valence-corrected chi connectivity index (χ4v) is 2.87. The molecule has 0 atom stereocenters. The zero-order valence-corrected chi connectivity index (χ0v) is 19.2. The molecule has 3 aromatic carbocycles. The van der Waals surface area contributed by atoms with Gasteiger partial charge >= 0.3 is 17.8 Å². The van der Waals surface area contributed by atoms with Gasteiger partial charge in [-0.3, -0.25) is 9.59 Å². The van der Waals surface area contributed by atoms with Gasteiger partial charge in [0.2, 0.25) is 0 Å². The maximum atomic E-state index is 12.5. The second-order valence-electron chi connectivity index (χ2n) is 6.88. The first-order chi connectivity index (χ1) is 16.9. The number of methoxy groups -OCH3 is 3. The van der Waals surface area contributed by atoms with E-state index in [1.807, 2.05) is 0 Å². The average Bonchev–Trinajstić information content (AvgIpc) is 2.89. The second kappa shape index (κ2) is 11.8. The van der Waals surface area contributed by atoms with E-state index in [1.165, 1.54) is 33.6 Å². The monoisotopic (exact) mass is 477 g/mol. The normalized spacial score (nSPS) is 10.4. The van der Waals surface area contributed by atoms with Crippen LogP contribution in [0.5, 0.6) is 23.0 Å². The number of hydrogen-bond acceptors (Lipinski definition) is 8. The molecule has 0 radical (unpaired) electrons. The van der Waals surface area contributed by atoms with Crippen LogP contribution in [0.1, 0.15) is 15.9 Å². The van der Waals surface area contributed by atoms with E-state index in [-0.39, 0.29) is 11.4 Å². The zero-order valence-electron chi connectivity index (χ0n) is 19.2. The predicted molar refractivity (Wildman–Crippen MR) is 128 cm³/mol. The van der Waals surface area contributed by atoms with Gasteiger partial charge in [-0.2, -0.15) is 5.10 Å². The van der Waals surface area contributed by atoms with Crippen LogP contribution in [0.2, 0.25) is 0 Å². The lowest BCUT2D eigenvalue weighted by Gasteiger charge is -2.11. The number of para-hydroxylation sites is 1. The third-order valence-corrected chi connectivity index (χ3v) is 4.68. The summed E-state index contributed by atoms with van der Waals surface area (Å²) in [5.74, 6) is -0.908. The van der Waals surface area contributed by atoms with Crippen molar-refractivity contribution >= 4 is 29.7 Å². The first-order valence-electron chi connectivity index (χ1n) is 10.3. The van der Waals surface area contributed by atoms with Crippen molar-refractivity contribution in [2.45, 2.75) is 0 Å². The van der Waals surface area contributed by atoms with Crippen molar-refractivity contribution in [3.05, 3.63) is 77.9 Å². The van der Waals surface area contributed by atoms with Gasteiger partial charge in [-0.1, -0.05) is 12.1 Å². The first-order valence-corrected chi connectivity index (χ1v) is 10.3. The summed E-state index contributed by atoms with van der Waals surface area (Å²) >= 11 is 0. The highest BCUT2D eigenvalue weighted by atomic mass is 16.5. The minimum Gasteiger partial charge on any atom is -0.497 e. The Bertz CT molecular complexity index is 1240. The molecule has 3 aromatic rings. The van der Waals surface area contributed by atoms with E-state index >= 15 is 0 Å². The molecule has 0 aliphatic rings. The van der Waals surface area contributed by atoms with Gasteiger partial charge in [0.1, 0.15) is 23.0 Å². The molecule has 0 fully saturated rings. The van der Waals surface area contributed by atoms with Gasteiger partial charge in [0.25, 0.3) is 0 Å². The van der Waals surface area contributed by atoms with Gasteiger partial charge in [-0.05, 0) is 48.5 Å². The van der Waals surface area contributed by atoms with E-state index in [4.69, 9.17) is 18.9 Å². The number of hydrazone groups is 1. The Kier molecular flexibility index (Phi) is 8.38. The number of rotatable bonds is 8. The largest absolute Gasteiger partial charge is 0.497 e. The molecular formula is C25H23N3O7. The van der Waals surface area contributed by atoms with Crippen LogP contribution in [0.3, 0.4) is 0 Å². The smallest absolute Gasteiger partial charge is 0.343 e. The molecule has 0 aromatic heterocycles. The number of nitrogens with zero attached hydrogens (tertiary/aromatic N) is 1. The maximum absolute atomic E-state index is 12.5. The topological polar surface area (TPSA) is 125 Å². The second-order valence-corrected chi connectivity index (χ2v) is 6.88. The fraction of sp³-hybridized carbons (Fsp3) is 0.120. The maximum Gasteiger partial charge on any atom is 0.343 e. The van der Waals surface area contributed by atoms with Gasteiger partial charge < -0.3 is 24.3 Å². The standard InChI is InChI=1S/C25H23N3O7/c1-32-18-10-8-16(9-11-18)25(31)35-21-7-5-4-6-17(21)15-26-28-24(30)23(29)27-20-14-19(33-2)12-13-22(20)34-3/h4-15H,1-3H3,(H,27,29)(H,28,30)/b26-15+. The van der Waals surface area contributed by atoms with E-state index < -0.39 is 17.8 Å². The molecule has 0 unspecified atom stereocenters. The van der Waals surface area contributed by atoms with Gasteiger partial charge in [-0.25, -0.2) is 10.2 Å². The third kappa shape index (κ3) is 6.57. The SMILES string of the molecule is COc1ccc(C(=O)Oc2ccccc2/C=N/NC(=O)C(=O)Nc2cc(OC)ccc2OC)cc1. The van der Waals surface area contributed by atoms with Gasteiger partial charge in [0.05, 0.1) is 38.8 Å². The molecule has 0 saturated carbocycles. The number of nitrogens with one attached hydrogen (secondary N) is 2. The summed E-state index contributed by atoms with van der Waals surface area (Å²) < 4.78 is 20.8. The highest BCUT2D eigenvalue weighted by Gasteiger charge is 2.16. The van der Waals surface area contributed by atoms with Crippen molar-refractivity contribution in [2.24, 2.45) is 5.10 Å². The number of benzene rings is 3. The third-order valence-electron chi connectivity index (χ3n) is 4.68. The Morgan fingerprint density at radius 2 is 1.46 bits per heavy atom. The summed E-state index contributed by atoms with van der Waals surface area (Å²) in [5.41, 5.74) is 3.13. The van der Waals surface area contributed by atoms with E-state index in [1.54, 1.807) is 60.7 Å². The zero-order chi connectivity index (χ0) is 25.2. The lowest BCUT2D eigenvalue weighted by atomic mass is 10.2. The van der Waals surface area contributed by atoms with Crippen LogP contribution in [-0.2, 0) is 9.59 Å². The van der Waals surface area contributed by atoms with Crippen molar-refractivity contribution in [3.63, 3.8) is 0 Å². The van der Waals surface area contributed by atoms with E-state index in [0.717, 1.165) is 0 Å². The van der Waals surface area contributed by atoms with E-state index in [9.17, 15) is 14.4 Å². The summed E-state index contributed by atoms with van der Waals surface area (Å²) in [6.45, 7) is 0. The molecule has 3 rings (SSSR count). The molecule has 10 nitrogen and oxygen atoms in total. The van der Waals surface area contributed by atoms with Crippen molar-refractivity contribution < 1.29 is 33.3 Å². The van der Waals surface area contributed by atoms with Crippen LogP contribution in [0.4, 0.5) is 5.69 Å². The van der Waals surface area contributed by atoms with Crippen LogP contribution < -0.4 is 29.7 Å². The molecule has 0 spiro atoms. The number of carbonyl (C=O) groups is 3. The van der Waals surface area contributed by atoms with Crippen LogP contribution >= 0.6 is 0 Å². The lowest BCUT2D eigenvalue weighted by Crippen LogP contribution is -2.32. The quantitative estimate of drug-likeness (QED) is 0.168. The molecule has 180 valence electrons. The summed E-state index contributed by atoms with van der Waals surface area (Å²) in [6, 6.07) is 17.8. The molecule has 2 amide bonds. The van der Waals surface area contributed by atoms with Crippen molar-refractivity contribution in [1.82, 2.24) is 5.43 Å². The Labute approximate surface area is 201 Å². The Hall–Kier alpha value is -4.86. The number of esters is 1. The number of hydrogen-bond donors (Lipinski definition) is 2. The molecular weight excluding hydrogens is 454 g/mol. The average molecular weight is 477 g/mol. The molecule has 0 aliphatic carbocycles. The summed E-state index contributed by atoms with van der Waals surface area (Å²) in [7, 11) is 4.43. The Morgan fingerprint density at radius 1 is 0.771 bits per heavy atom. The first kappa shape index (κ1) is 24.8. The van der Waals surface area contributed by atoms with Gasteiger partial charge in [-0.15, -0.1) is 0 Å². The Morgan fingerprint density at radius 3 is 2.14 bits per heavy atom. The molecule has 35 heavy (non-hydrogen) atoms. The van der Waals surface area contributed by atoms with Crippen molar-refractivity contribution in [1.29, 1.82) is 0 Å². The molecule has 2 N–H and O–H groups in total. The molecule has 0 saturated heterocycles. The van der Waals surface area contributed by atoms with E-state index in [0.29, 0.717) is 28.4 Å². The van der Waals surface area contributed by atoms with Gasteiger partial charge in [0, 0.05) is 11.6 Å². The van der Waals surface area contributed by atoms with Crippen LogP contribution in [-0.4, -0.2) is 45.3 Å². The van der Waals surface area contributed by atoms with Crippen molar-refractivity contribution in [2.75, 3.05) is 26.6 Å². The summed E-state index contributed by atoms with van der Waals surface area (Å²) in [4.78, 5) is 36.9. The van der Waals surface area contributed by atoms with E-state index in [2.05, 4.69) is 15.8 Å². The number of amides is 2. The molecule has 0 bridgehead atoms. The minimum atomic E-state index is -1.01. The summed E-state index contributed by atoms with van der Waals surface area (Å²) in [5, 5.41) is 6.24. The lowest BCUT2D eigenvalue weighted by molar-refractivity contribution is -0.136. The number of ether oxygens (including phenoxy) is 4. The van der Waals surface area contributed by atoms with Crippen LogP contribution in [0, 0.1) is 0 Å².